The van der Waals surface area contributed by atoms with Crippen LogP contribution in [-0.2, 0) is 248 Å². The van der Waals surface area contributed by atoms with E-state index in [-0.39, 0.29) is 6.08 Å². The van der Waals surface area contributed by atoms with E-state index >= 15 is 0 Å². The van der Waals surface area contributed by atoms with E-state index in [1.54, 1.807) is 0 Å². The van der Waals surface area contributed by atoms with E-state index in [0.29, 0.717) is 0 Å². The van der Waals surface area contributed by atoms with E-state index in [9.17, 15) is 241 Å². The van der Waals surface area contributed by atoms with Gasteiger partial charge in [-0.1, -0.05) is 0 Å². The average molecular weight is 2310 g/mol. The maximum Gasteiger partial charge on any atom is 0.397 e. The third-order valence-corrected chi connectivity index (χ3v) is 24.9. The van der Waals surface area contributed by atoms with E-state index < -0.39 is 414 Å². The van der Waals surface area contributed by atoms with E-state index in [4.69, 9.17) is 71.1 Å². The minimum Gasteiger partial charge on any atom is -0.479 e. The highest BCUT2D eigenvalue weighted by molar-refractivity contribution is 7.85. The molecule has 0 radical (unpaired) electrons. The lowest BCUT2D eigenvalue weighted by molar-refractivity contribution is -0.378. The minimum absolute atomic E-state index is 0.159. The van der Waals surface area contributed by atoms with Crippen LogP contribution in [0.5, 0.6) is 0 Å². The molecule has 0 aromatic carbocycles. The Morgan fingerprint density at radius 1 is 0.264 bits per heavy atom. The molecule has 0 amide bonds. The van der Waals surface area contributed by atoms with Crippen molar-refractivity contribution < 1.29 is 346 Å². The molecule has 0 aromatic heterocycles. The van der Waals surface area contributed by atoms with Gasteiger partial charge in [0, 0.05) is 0 Å². The lowest BCUT2D eigenvalue weighted by atomic mass is 9.94. The summed E-state index contributed by atoms with van der Waals surface area (Å²) in [6, 6.07) is -12.4. The molecule has 816 valence electrons. The predicted octanol–water partition coefficient (Wildman–Crippen LogP) is -20.7. The van der Waals surface area contributed by atoms with Crippen LogP contribution in [0.2, 0.25) is 0 Å². The maximum atomic E-state index is 13.5. The Morgan fingerprint density at radius 2 is 0.486 bits per heavy atom. The second kappa shape index (κ2) is 45.6. The number of carboxylic acids is 4. The molecule has 8 rings (SSSR count). The lowest BCUT2D eigenvalue weighted by Gasteiger charge is -2.50. The highest BCUT2D eigenvalue weighted by atomic mass is 32.3. The Morgan fingerprint density at radius 3 is 0.714 bits per heavy atom. The summed E-state index contributed by atoms with van der Waals surface area (Å²) in [6.45, 7) is -7.95. The van der Waals surface area contributed by atoms with Gasteiger partial charge in [0.2, 0.25) is 12.0 Å². The molecule has 0 spiro atoms. The second-order valence-electron chi connectivity index (χ2n) is 28.7. The third kappa shape index (κ3) is 34.5. The molecule has 38 atom stereocenters. The SMILES string of the molecule is O=C(O)C1=C[C@H](O)[C@@H](OS(=O)(=O)O)[C@H](O[C@H]2[C@H](O)[C@@H](NS(=O)(=O)O)[C@@H](O[C@H]3[C@H](O)[C@@H](OS(=O)(=O)O)[C@H](O[C@H]4[C@H](O)[C@@H](NS(=O)(=O)O)[C@@H](O[C@H]5[C@H](O)[C@@H](OS(=O)(=O)O)[C@H](O[C@H]6[C@H](O)[C@@H](NS(=O)(=O)O)[C@@H](O[C@@H]7[C@H](O)[C@@H](OS(=O)(=O)O)[C@@H](O[C@H]8[C@H](O)[C@@H](NS(=O)(=O)O)[C@@H](O)O[C@@H]8COS(=O)(=O)O)O[C@H]7C(=O)O)O[C@@H]6COS(=O)(=O)O)O[C@H]5C(=O)O)O[C@@H]4COS(=O)(=O)O)O[C@H]3C(=O)O)O[C@@H]2COS(=O)(=O)O)O1. The van der Waals surface area contributed by atoms with Gasteiger partial charge in [-0.3, -0.25) is 54.6 Å². The van der Waals surface area contributed by atoms with Crippen molar-refractivity contribution in [3.63, 3.8) is 0 Å². The molecular weight excluding hydrogens is 2230 g/mol. The Bertz CT molecular complexity index is 5920. The molecule has 8 heterocycles. The Hall–Kier alpha value is -5.06. The first-order valence-corrected chi connectivity index (χ1v) is 52.7. The normalized spacial score (nSPS) is 38.5. The number of rotatable bonds is 46. The summed E-state index contributed by atoms with van der Waals surface area (Å²) in [4.78, 5) is 51.9. The zero-order valence-electron chi connectivity index (χ0n) is 66.7. The van der Waals surface area contributed by atoms with Gasteiger partial charge in [-0.25, -0.2) is 52.6 Å². The monoisotopic (exact) mass is 2310 g/mol. The summed E-state index contributed by atoms with van der Waals surface area (Å²) in [5.41, 5.74) is 0. The standard InChI is InChI=1S/C48H76N4O76S12/c53-6-1-7(37(61)62)111-45(23(6)125-137(94,95)96)115-25-9(3-107-134(85,86)87)112-42(13(17(25)55)50-130(73,74)75)119-29-21(59)32(127-139(100,101)102)47(123-35(29)39(65)66)117-27-11(5-109-136(91,92)93)114-44(15(19(27)57)52-132(79,80)81)121-30-22(60)33(128-140(103,104)105)48(124-36(30)40(67)68)118-26-10(4-108-135(88,89)90)113-43(14(18(26)56)51-131(76,77)78)120-28-20(58)31(126-138(97,98)99)46(122-34(28)38(63)64)116-24-8(2-106-133(82,83)84)110-41(69)12(16(24)54)49-129(70,71)72/h1,6,8-36,41-60,69H,2-5H2,(H,61,62)(H,63,64)(H,65,66)(H,67,68)(H,70,71,72)(H,73,74,75)(H,76,77,78)(H,79,80,81)(H,82,83,84)(H,85,86,87)(H,88,89,90)(H,91,92,93)(H,94,95,96)(H,97,98,99)(H,100,101,102)(H,103,104,105)/t6-,8+,9+,10+,11+,12+,13+,14+,15+,16+,17+,18+,19+,20-,21-,22-,23+,24+,25+,26+,27+,28+,29-,30-,31+,32+,33+,34+,35+,36+,41-,42+,43+,44+,45-,46-,47+,48+/m0/s1. The molecule has 92 heteroatoms. The highest BCUT2D eigenvalue weighted by Gasteiger charge is 2.65. The van der Waals surface area contributed by atoms with Crippen molar-refractivity contribution in [3.05, 3.63) is 11.8 Å². The van der Waals surface area contributed by atoms with Gasteiger partial charge in [0.05, 0.1) is 26.4 Å². The molecule has 8 aliphatic heterocycles. The number of hydrogen-bond acceptors (Lipinski definition) is 60. The fourth-order valence-electron chi connectivity index (χ4n) is 13.8. The summed E-state index contributed by atoms with van der Waals surface area (Å²) in [5, 5.41) is 146. The van der Waals surface area contributed by atoms with Crippen LogP contribution < -0.4 is 18.9 Å². The summed E-state index contributed by atoms with van der Waals surface area (Å²) >= 11 is 0. The first kappa shape index (κ1) is 120. The number of aliphatic hydroxyl groups excluding tert-OH is 9. The third-order valence-electron chi connectivity index (χ3n) is 19.0. The molecule has 7 fully saturated rings. The van der Waals surface area contributed by atoms with Crippen LogP contribution in [-0.4, -0.2) is 506 Å². The zero-order valence-corrected chi connectivity index (χ0v) is 76.5. The van der Waals surface area contributed by atoms with Gasteiger partial charge in [0.15, 0.2) is 86.8 Å². The van der Waals surface area contributed by atoms with Crippen molar-refractivity contribution >= 4 is 148 Å². The summed E-state index contributed by atoms with van der Waals surface area (Å²) < 4.78 is 531. The van der Waals surface area contributed by atoms with Crippen molar-refractivity contribution in [3.8, 4) is 0 Å². The van der Waals surface area contributed by atoms with Gasteiger partial charge in [0.1, 0.15) is 140 Å². The molecule has 0 aliphatic carbocycles. The summed E-state index contributed by atoms with van der Waals surface area (Å²) in [5.74, 6) is -11.7. The van der Waals surface area contributed by atoms with Crippen molar-refractivity contribution in [2.75, 3.05) is 26.4 Å². The van der Waals surface area contributed by atoms with E-state index in [1.807, 2.05) is 0 Å². The smallest absolute Gasteiger partial charge is 0.397 e. The number of aliphatic carboxylic acids is 4. The predicted molar refractivity (Wildman–Crippen MR) is 398 cm³/mol. The average Bonchev–Trinajstić information content (AvgIpc) is 0.749. The van der Waals surface area contributed by atoms with Gasteiger partial charge in [-0.05, 0) is 6.08 Å². The Balaban J connectivity index is 1.15. The number of aliphatic hydroxyl groups is 9. The summed E-state index contributed by atoms with van der Waals surface area (Å²) in [6.07, 6.45) is -109. The molecule has 8 aliphatic rings. The van der Waals surface area contributed by atoms with Crippen LogP contribution in [0.3, 0.4) is 0 Å². The van der Waals surface area contributed by atoms with E-state index in [2.05, 4.69) is 33.5 Å². The van der Waals surface area contributed by atoms with Crippen LogP contribution in [0.4, 0.5) is 0 Å². The van der Waals surface area contributed by atoms with Gasteiger partial charge >= 0.3 is 148 Å². The van der Waals surface area contributed by atoms with Crippen molar-refractivity contribution in [2.45, 2.75) is 233 Å². The summed E-state index contributed by atoms with van der Waals surface area (Å²) in [7, 11) is -73.1. The first-order valence-electron chi connectivity index (χ1n) is 36.0. The Labute approximate surface area is 780 Å². The molecule has 0 saturated carbocycles. The molecule has 140 heavy (non-hydrogen) atoms. The maximum absolute atomic E-state index is 13.5. The quantitative estimate of drug-likeness (QED) is 0.0252. The first-order chi connectivity index (χ1) is 63.4. The van der Waals surface area contributed by atoms with Crippen molar-refractivity contribution in [1.29, 1.82) is 0 Å². The zero-order chi connectivity index (χ0) is 106. The van der Waals surface area contributed by atoms with Crippen molar-refractivity contribution in [2.24, 2.45) is 0 Å². The Kier molecular flexibility index (Phi) is 39.1. The number of carboxylic acid groups (broad SMARTS) is 4. The van der Waals surface area contributed by atoms with Crippen LogP contribution in [0.15, 0.2) is 11.8 Å². The number of hydrogen-bond donors (Lipinski definition) is 29. The number of carbonyl (C=O) groups is 4. The van der Waals surface area contributed by atoms with Crippen LogP contribution >= 0.6 is 0 Å². The molecule has 80 nitrogen and oxygen atoms in total. The minimum atomic E-state index is -6.52. The molecule has 7 saturated heterocycles. The van der Waals surface area contributed by atoms with Gasteiger partial charge in [-0.15, -0.1) is 0 Å². The van der Waals surface area contributed by atoms with Crippen molar-refractivity contribution in [1.82, 2.24) is 18.9 Å². The number of ether oxygens (including phenoxy) is 15. The largest absolute Gasteiger partial charge is 0.479 e. The molecule has 29 N–H and O–H groups in total. The van der Waals surface area contributed by atoms with Crippen LogP contribution in [0.25, 0.3) is 0 Å². The fraction of sp³-hybridized carbons (Fsp3) is 0.875. The molecule has 0 aromatic rings. The molecule has 0 bridgehead atoms. The fourth-order valence-corrected chi connectivity index (χ4v) is 19.4. The molecular formula is C48H76N4O76S12. The van der Waals surface area contributed by atoms with Crippen LogP contribution in [0.1, 0.15) is 0 Å². The topological polar surface area (TPSA) is 1240 Å². The number of nitrogens with one attached hydrogen (secondary N) is 4. The van der Waals surface area contributed by atoms with Gasteiger partial charge < -0.3 is 137 Å². The van der Waals surface area contributed by atoms with Gasteiger partial charge in [-0.2, -0.15) is 120 Å². The highest BCUT2D eigenvalue weighted by Crippen LogP contribution is 2.42. The molecule has 0 unspecified atom stereocenters. The van der Waals surface area contributed by atoms with E-state index in [0.717, 1.165) is 18.9 Å². The van der Waals surface area contributed by atoms with Crippen LogP contribution in [0, 0.1) is 0 Å². The van der Waals surface area contributed by atoms with Gasteiger partial charge in [0.25, 0.3) is 0 Å². The van der Waals surface area contributed by atoms with E-state index in [1.165, 1.54) is 0 Å². The lowest BCUT2D eigenvalue weighted by Crippen LogP contribution is -2.71. The second-order valence-corrected chi connectivity index (χ2v) is 42.0.